The fraction of sp³-hybridized carbons (Fsp3) is 0.357. The Labute approximate surface area is 140 Å². The van der Waals surface area contributed by atoms with Gasteiger partial charge < -0.3 is 0 Å². The zero-order valence-electron chi connectivity index (χ0n) is 11.3. The van der Waals surface area contributed by atoms with E-state index in [2.05, 4.69) is 5.32 Å². The van der Waals surface area contributed by atoms with Gasteiger partial charge in [0.1, 0.15) is 0 Å². The minimum atomic E-state index is -0.864. The Hall–Kier alpha value is -0.486. The van der Waals surface area contributed by atoms with Crippen molar-refractivity contribution < 1.29 is 30.0 Å². The van der Waals surface area contributed by atoms with E-state index in [9.17, 15) is 9.90 Å². The van der Waals surface area contributed by atoms with Crippen LogP contribution in [-0.2, 0) is 19.8 Å². The number of thioether (sulfide) groups is 2. The Bertz CT molecular complexity index is 555. The van der Waals surface area contributed by atoms with Crippen LogP contribution in [0.25, 0.3) is 0 Å². The molecule has 21 heavy (non-hydrogen) atoms. The number of benzene rings is 1. The fourth-order valence-corrected chi connectivity index (χ4v) is 4.44. The summed E-state index contributed by atoms with van der Waals surface area (Å²) in [5, 5.41) is 22.0. The number of hydrogen-bond donors (Lipinski definition) is 3. The second-order valence-corrected chi connectivity index (χ2v) is 7.76. The second-order valence-electron chi connectivity index (χ2n) is 4.82. The van der Waals surface area contributed by atoms with Gasteiger partial charge in [-0.25, -0.2) is 0 Å². The number of carbonyl (C=O) groups is 1. The van der Waals surface area contributed by atoms with Crippen LogP contribution in [0.3, 0.4) is 0 Å². The molecule has 1 saturated heterocycles. The van der Waals surface area contributed by atoms with E-state index in [1.807, 2.05) is 12.5 Å². The van der Waals surface area contributed by atoms with Gasteiger partial charge in [0.05, 0.1) is 0 Å². The van der Waals surface area contributed by atoms with Crippen LogP contribution in [0.1, 0.15) is 12.5 Å². The molecule has 0 unspecified atom stereocenters. The van der Waals surface area contributed by atoms with E-state index in [1.165, 1.54) is 11.8 Å². The average Bonchev–Trinajstić information content (AvgIpc) is 2.82. The van der Waals surface area contributed by atoms with Gasteiger partial charge in [-0.2, -0.15) is 0 Å². The first-order valence-corrected chi connectivity index (χ1v) is 8.82. The first-order chi connectivity index (χ1) is 9.92. The number of rotatable bonds is 6. The van der Waals surface area contributed by atoms with E-state index in [1.54, 1.807) is 36.9 Å². The normalized spacial score (nSPS) is 25.0. The third-order valence-electron chi connectivity index (χ3n) is 3.10. The molecule has 7 heteroatoms. The van der Waals surface area contributed by atoms with Gasteiger partial charge in [0, 0.05) is 0 Å². The first-order valence-electron chi connectivity index (χ1n) is 6.29. The van der Waals surface area contributed by atoms with Gasteiger partial charge in [-0.15, -0.1) is 0 Å². The molecule has 0 aromatic heterocycles. The quantitative estimate of drug-likeness (QED) is 0.526. The van der Waals surface area contributed by atoms with Crippen molar-refractivity contribution in [2.45, 2.75) is 17.8 Å². The third-order valence-corrected chi connectivity index (χ3v) is 6.02. The number of carboxylic acid groups (broad SMARTS) is 1. The second kappa shape index (κ2) is 7.18. The summed E-state index contributed by atoms with van der Waals surface area (Å²) in [5.74, 6) is 0.577. The number of aromatic hydroxyl groups is 1. The average molecular weight is 369 g/mol. The molecular weight excluding hydrogens is 353 g/mol. The summed E-state index contributed by atoms with van der Waals surface area (Å²) in [7, 11) is 0. The summed E-state index contributed by atoms with van der Waals surface area (Å²) in [6.07, 6.45) is 2.02. The van der Waals surface area contributed by atoms with Crippen molar-refractivity contribution in [2.24, 2.45) is 0 Å². The van der Waals surface area contributed by atoms with Crippen LogP contribution in [0.5, 0.6) is 5.75 Å². The van der Waals surface area contributed by atoms with E-state index in [-0.39, 0.29) is 11.1 Å². The van der Waals surface area contributed by atoms with Crippen molar-refractivity contribution >= 4 is 33.3 Å². The van der Waals surface area contributed by atoms with Gasteiger partial charge in [-0.05, 0) is 0 Å². The summed E-state index contributed by atoms with van der Waals surface area (Å²) < 4.78 is 0.674. The third kappa shape index (κ3) is 4.25. The Morgan fingerprint density at radius 2 is 2.33 bits per heavy atom. The molecule has 118 valence electrons. The number of hydrogen-bond acceptors (Lipinski definition) is 5. The molecule has 1 aromatic carbocycles. The SMILES string of the molecule is C[C@]1(C(=O)O)CS[C@H]([CH-]CS[C](=[Ni])c2ccccc2O)N1. The van der Waals surface area contributed by atoms with E-state index in [0.717, 1.165) is 0 Å². The molecule has 1 fully saturated rings. The molecule has 1 aliphatic rings. The van der Waals surface area contributed by atoms with Gasteiger partial charge in [0.25, 0.3) is 0 Å². The molecule has 0 spiro atoms. The van der Waals surface area contributed by atoms with E-state index in [4.69, 9.17) is 20.1 Å². The fourth-order valence-electron chi connectivity index (χ4n) is 1.81. The van der Waals surface area contributed by atoms with Crippen LogP contribution in [-0.4, -0.2) is 42.4 Å². The minimum absolute atomic E-state index is 0.00997. The summed E-state index contributed by atoms with van der Waals surface area (Å²) in [6, 6.07) is 7.01. The maximum absolute atomic E-state index is 11.1. The number of phenolic OH excluding ortho intramolecular Hbond substituents is 1. The van der Waals surface area contributed by atoms with Gasteiger partial charge >= 0.3 is 140 Å². The van der Waals surface area contributed by atoms with Gasteiger partial charge in [0.2, 0.25) is 0 Å². The molecule has 4 nitrogen and oxygen atoms in total. The first kappa shape index (κ1) is 16.9. The van der Waals surface area contributed by atoms with Crippen molar-refractivity contribution in [1.82, 2.24) is 5.32 Å². The van der Waals surface area contributed by atoms with E-state index in [0.29, 0.717) is 20.9 Å². The summed E-state index contributed by atoms with van der Waals surface area (Å²) in [6.45, 7) is 1.69. The Morgan fingerprint density at radius 1 is 1.62 bits per heavy atom. The molecule has 2 rings (SSSR count). The Kier molecular flexibility index (Phi) is 5.77. The van der Waals surface area contributed by atoms with Crippen LogP contribution in [0.2, 0.25) is 0 Å². The maximum atomic E-state index is 11.1. The predicted molar refractivity (Wildman–Crippen MR) is 84.4 cm³/mol. The topological polar surface area (TPSA) is 69.6 Å². The number of phenols is 1. The number of nitrogens with one attached hydrogen (secondary N) is 1. The summed E-state index contributed by atoms with van der Waals surface area (Å²) >= 11 is 8.02. The van der Waals surface area contributed by atoms with Crippen molar-refractivity contribution in [3.8, 4) is 5.75 Å². The molecule has 3 N–H and O–H groups in total. The molecule has 1 aliphatic heterocycles. The molecule has 2 atom stereocenters. The van der Waals surface area contributed by atoms with Gasteiger partial charge in [-0.1, -0.05) is 0 Å². The molecule has 1 heterocycles. The molecule has 0 saturated carbocycles. The molecule has 0 radical (unpaired) electrons. The summed E-state index contributed by atoms with van der Waals surface area (Å²) in [5.41, 5.74) is -0.185. The zero-order chi connectivity index (χ0) is 15.5. The van der Waals surface area contributed by atoms with Gasteiger partial charge in [0.15, 0.2) is 0 Å². The van der Waals surface area contributed by atoms with Crippen LogP contribution in [0.15, 0.2) is 24.3 Å². The van der Waals surface area contributed by atoms with Crippen LogP contribution in [0.4, 0.5) is 0 Å². The van der Waals surface area contributed by atoms with Crippen molar-refractivity contribution in [1.29, 1.82) is 0 Å². The van der Waals surface area contributed by atoms with Crippen molar-refractivity contribution in [3.05, 3.63) is 36.2 Å². The van der Waals surface area contributed by atoms with Crippen molar-refractivity contribution in [2.75, 3.05) is 11.5 Å². The van der Waals surface area contributed by atoms with E-state index < -0.39 is 11.5 Å². The van der Waals surface area contributed by atoms with Crippen LogP contribution >= 0.6 is 23.5 Å². The Morgan fingerprint density at radius 3 is 2.95 bits per heavy atom. The molecule has 0 amide bonds. The Balaban J connectivity index is 1.80. The zero-order valence-corrected chi connectivity index (χ0v) is 13.9. The molecule has 1 aromatic rings. The number of aliphatic carboxylic acids is 1. The molecule has 0 aliphatic carbocycles. The standard InChI is InChI=1S/C14H16NO3S2.Ni/c1-14(13(17)18)9-20-12(15-14)6-7-19-8-10-4-2-3-5-11(10)16;/h2-6,12,15-16H,7,9H2,1H3,(H,17,18);/q-1;/t12-,14-;/m1./s1. The number of carboxylic acids is 1. The summed E-state index contributed by atoms with van der Waals surface area (Å²) in [4.78, 5) is 11.1. The number of para-hydroxylation sites is 1. The van der Waals surface area contributed by atoms with Gasteiger partial charge in [-0.3, -0.25) is 0 Å². The van der Waals surface area contributed by atoms with Crippen LogP contribution in [0, 0.1) is 6.42 Å². The van der Waals surface area contributed by atoms with Crippen molar-refractivity contribution in [3.63, 3.8) is 0 Å². The molecular formula is C14H16NNiO3S2-. The molecule has 0 bridgehead atoms. The van der Waals surface area contributed by atoms with Crippen LogP contribution < -0.4 is 5.32 Å². The van der Waals surface area contributed by atoms with E-state index >= 15 is 0 Å². The predicted octanol–water partition coefficient (Wildman–Crippen LogP) is 1.86. The monoisotopic (exact) mass is 368 g/mol.